The van der Waals surface area contributed by atoms with E-state index in [1.165, 1.54) is 0 Å². The van der Waals surface area contributed by atoms with E-state index >= 15 is 0 Å². The highest BCUT2D eigenvalue weighted by atomic mass is 79.9. The highest BCUT2D eigenvalue weighted by Gasteiger charge is 2.18. The molecule has 1 rings (SSSR count). The lowest BCUT2D eigenvalue weighted by Crippen LogP contribution is -2.36. The van der Waals surface area contributed by atoms with Crippen LogP contribution in [0.1, 0.15) is 32.4 Å². The molecule has 1 atom stereocenters. The van der Waals surface area contributed by atoms with Crippen molar-refractivity contribution in [2.24, 2.45) is 0 Å². The Labute approximate surface area is 111 Å². The molecule has 0 fully saturated rings. The third-order valence-electron chi connectivity index (χ3n) is 1.92. The van der Waals surface area contributed by atoms with Gasteiger partial charge in [0.1, 0.15) is 6.04 Å². The molecule has 0 saturated carbocycles. The molecule has 1 aromatic carbocycles. The van der Waals surface area contributed by atoms with E-state index in [4.69, 9.17) is 5.21 Å². The standard InChI is InChI=1S/C10H13BrN2O2.C2H6/c1-2-12-10(14)9(13-15)7-4-3-5-8(11)6-7;1-2/h3-6,9,13,15H,2H2,1H3,(H,12,14);1-2H3. The summed E-state index contributed by atoms with van der Waals surface area (Å²) in [5.74, 6) is -0.252. The van der Waals surface area contributed by atoms with Gasteiger partial charge in [0.2, 0.25) is 5.91 Å². The Morgan fingerprint density at radius 2 is 2.12 bits per heavy atom. The molecule has 0 bridgehead atoms. The quantitative estimate of drug-likeness (QED) is 0.749. The first-order valence-corrected chi connectivity index (χ1v) is 6.41. The fraction of sp³-hybridized carbons (Fsp3) is 0.417. The molecule has 5 heteroatoms. The number of likely N-dealkylation sites (N-methyl/N-ethyl adjacent to an activating group) is 1. The molecule has 0 spiro atoms. The number of nitrogens with one attached hydrogen (secondary N) is 2. The van der Waals surface area contributed by atoms with Crippen LogP contribution in [0, 0.1) is 0 Å². The molecular formula is C12H19BrN2O2. The number of amides is 1. The van der Waals surface area contributed by atoms with Crippen LogP contribution in [0.5, 0.6) is 0 Å². The number of hydroxylamine groups is 1. The monoisotopic (exact) mass is 302 g/mol. The van der Waals surface area contributed by atoms with E-state index in [-0.39, 0.29) is 5.91 Å². The molecule has 0 saturated heterocycles. The van der Waals surface area contributed by atoms with E-state index in [9.17, 15) is 4.79 Å². The summed E-state index contributed by atoms with van der Waals surface area (Å²) < 4.78 is 0.865. The van der Waals surface area contributed by atoms with Crippen molar-refractivity contribution in [2.45, 2.75) is 26.8 Å². The van der Waals surface area contributed by atoms with E-state index in [1.54, 1.807) is 12.1 Å². The van der Waals surface area contributed by atoms with Crippen molar-refractivity contribution >= 4 is 21.8 Å². The Morgan fingerprint density at radius 1 is 1.47 bits per heavy atom. The number of carbonyl (C=O) groups is 1. The zero-order valence-corrected chi connectivity index (χ0v) is 11.9. The van der Waals surface area contributed by atoms with E-state index in [0.717, 1.165) is 4.47 Å². The van der Waals surface area contributed by atoms with Crippen molar-refractivity contribution in [3.8, 4) is 0 Å². The predicted molar refractivity (Wildman–Crippen MR) is 71.8 cm³/mol. The molecule has 4 nitrogen and oxygen atoms in total. The Balaban J connectivity index is 0.00000121. The van der Waals surface area contributed by atoms with E-state index in [1.807, 2.05) is 38.4 Å². The van der Waals surface area contributed by atoms with Crippen LogP contribution in [0.3, 0.4) is 0 Å². The molecule has 17 heavy (non-hydrogen) atoms. The summed E-state index contributed by atoms with van der Waals surface area (Å²) in [5.41, 5.74) is 2.70. The molecule has 1 amide bonds. The topological polar surface area (TPSA) is 61.4 Å². The first-order chi connectivity index (χ1) is 8.19. The number of halogens is 1. The maximum Gasteiger partial charge on any atom is 0.244 e. The average molecular weight is 303 g/mol. The lowest BCUT2D eigenvalue weighted by atomic mass is 10.1. The summed E-state index contributed by atoms with van der Waals surface area (Å²) in [4.78, 5) is 11.5. The van der Waals surface area contributed by atoms with Crippen LogP contribution in [0.15, 0.2) is 28.7 Å². The van der Waals surface area contributed by atoms with Gasteiger partial charge in [-0.25, -0.2) is 0 Å². The molecule has 96 valence electrons. The Hall–Kier alpha value is -0.910. The van der Waals surface area contributed by atoms with Crippen molar-refractivity contribution in [3.05, 3.63) is 34.3 Å². The Morgan fingerprint density at radius 3 is 2.59 bits per heavy atom. The third-order valence-corrected chi connectivity index (χ3v) is 2.42. The van der Waals surface area contributed by atoms with Crippen LogP contribution >= 0.6 is 15.9 Å². The van der Waals surface area contributed by atoms with Gasteiger partial charge < -0.3 is 10.5 Å². The maximum absolute atomic E-state index is 11.5. The molecule has 0 heterocycles. The van der Waals surface area contributed by atoms with Gasteiger partial charge in [-0.1, -0.05) is 41.9 Å². The average Bonchev–Trinajstić information content (AvgIpc) is 2.33. The predicted octanol–water partition coefficient (Wildman–Crippen LogP) is 2.63. The summed E-state index contributed by atoms with van der Waals surface area (Å²) in [6.45, 7) is 6.36. The molecule has 0 aliphatic heterocycles. The van der Waals surface area contributed by atoms with Gasteiger partial charge in [-0.2, -0.15) is 5.48 Å². The fourth-order valence-electron chi connectivity index (χ4n) is 1.25. The van der Waals surface area contributed by atoms with Crippen LogP contribution in [0.4, 0.5) is 0 Å². The van der Waals surface area contributed by atoms with Crippen molar-refractivity contribution in [2.75, 3.05) is 6.54 Å². The molecule has 0 aromatic heterocycles. The van der Waals surface area contributed by atoms with Gasteiger partial charge in [0.25, 0.3) is 0 Å². The number of benzene rings is 1. The molecule has 0 aliphatic rings. The highest BCUT2D eigenvalue weighted by Crippen LogP contribution is 2.17. The number of hydrogen-bond donors (Lipinski definition) is 3. The minimum absolute atomic E-state index is 0.252. The van der Waals surface area contributed by atoms with Gasteiger partial charge in [0.05, 0.1) is 0 Å². The van der Waals surface area contributed by atoms with Crippen LogP contribution < -0.4 is 10.8 Å². The van der Waals surface area contributed by atoms with Crippen LogP contribution in [-0.2, 0) is 4.79 Å². The largest absolute Gasteiger partial charge is 0.355 e. The van der Waals surface area contributed by atoms with Crippen molar-refractivity contribution in [1.29, 1.82) is 0 Å². The zero-order valence-electron chi connectivity index (χ0n) is 10.3. The molecule has 1 unspecified atom stereocenters. The van der Waals surface area contributed by atoms with Gasteiger partial charge in [-0.05, 0) is 24.6 Å². The molecule has 0 radical (unpaired) electrons. The normalized spacial score (nSPS) is 11.1. The minimum Gasteiger partial charge on any atom is -0.355 e. The second-order valence-corrected chi connectivity index (χ2v) is 3.93. The molecule has 1 aromatic rings. The summed E-state index contributed by atoms with van der Waals surface area (Å²) >= 11 is 3.31. The van der Waals surface area contributed by atoms with Gasteiger partial charge in [-0.3, -0.25) is 4.79 Å². The van der Waals surface area contributed by atoms with Crippen molar-refractivity contribution < 1.29 is 10.0 Å². The first-order valence-electron chi connectivity index (χ1n) is 5.61. The van der Waals surface area contributed by atoms with Crippen molar-refractivity contribution in [3.63, 3.8) is 0 Å². The lowest BCUT2D eigenvalue weighted by Gasteiger charge is -2.14. The zero-order chi connectivity index (χ0) is 13.3. The maximum atomic E-state index is 11.5. The van der Waals surface area contributed by atoms with E-state index < -0.39 is 6.04 Å². The number of hydrogen-bond acceptors (Lipinski definition) is 3. The number of carbonyl (C=O) groups excluding carboxylic acids is 1. The lowest BCUT2D eigenvalue weighted by molar-refractivity contribution is -0.125. The summed E-state index contributed by atoms with van der Waals surface area (Å²) in [7, 11) is 0. The molecule has 0 aliphatic carbocycles. The second-order valence-electron chi connectivity index (χ2n) is 3.01. The molecular weight excluding hydrogens is 284 g/mol. The van der Waals surface area contributed by atoms with Crippen LogP contribution in [-0.4, -0.2) is 17.7 Å². The van der Waals surface area contributed by atoms with E-state index in [0.29, 0.717) is 12.1 Å². The van der Waals surface area contributed by atoms with Gasteiger partial charge in [0, 0.05) is 11.0 Å². The fourth-order valence-corrected chi connectivity index (χ4v) is 1.66. The first kappa shape index (κ1) is 16.1. The Bertz CT molecular complexity index is 345. The molecule has 3 N–H and O–H groups in total. The minimum atomic E-state index is -0.734. The van der Waals surface area contributed by atoms with Crippen molar-refractivity contribution in [1.82, 2.24) is 10.8 Å². The summed E-state index contributed by atoms with van der Waals surface area (Å²) in [6, 6.07) is 6.48. The summed E-state index contributed by atoms with van der Waals surface area (Å²) in [5, 5.41) is 11.6. The smallest absolute Gasteiger partial charge is 0.244 e. The van der Waals surface area contributed by atoms with E-state index in [2.05, 4.69) is 21.2 Å². The SMILES string of the molecule is CC.CCNC(=O)C(NO)c1cccc(Br)c1. The van der Waals surface area contributed by atoms with Gasteiger partial charge in [-0.15, -0.1) is 0 Å². The van der Waals surface area contributed by atoms with Gasteiger partial charge >= 0.3 is 0 Å². The third kappa shape index (κ3) is 5.30. The van der Waals surface area contributed by atoms with Crippen LogP contribution in [0.25, 0.3) is 0 Å². The van der Waals surface area contributed by atoms with Gasteiger partial charge in [0.15, 0.2) is 0 Å². The summed E-state index contributed by atoms with van der Waals surface area (Å²) in [6.07, 6.45) is 0. The van der Waals surface area contributed by atoms with Crippen LogP contribution in [0.2, 0.25) is 0 Å². The second kappa shape index (κ2) is 9.15. The number of rotatable bonds is 4. The Kier molecular flexibility index (Phi) is 8.66. The highest BCUT2D eigenvalue weighted by molar-refractivity contribution is 9.10.